The van der Waals surface area contributed by atoms with E-state index in [0.29, 0.717) is 6.04 Å². The quantitative estimate of drug-likeness (QED) is 0.539. The average Bonchev–Trinajstić information content (AvgIpc) is 2.84. The van der Waals surface area contributed by atoms with Gasteiger partial charge in [0.1, 0.15) is 5.60 Å². The Kier molecular flexibility index (Phi) is 2.96. The van der Waals surface area contributed by atoms with E-state index in [9.17, 15) is 4.79 Å². The van der Waals surface area contributed by atoms with Crippen LogP contribution in [0.3, 0.4) is 0 Å². The first-order chi connectivity index (χ1) is 7.55. The van der Waals surface area contributed by atoms with Gasteiger partial charge in [0.05, 0.1) is 6.04 Å². The summed E-state index contributed by atoms with van der Waals surface area (Å²) in [7, 11) is 0. The molecule has 0 aliphatic carbocycles. The van der Waals surface area contributed by atoms with Gasteiger partial charge in [0.2, 0.25) is 0 Å². The van der Waals surface area contributed by atoms with E-state index in [4.69, 9.17) is 4.74 Å². The highest BCUT2D eigenvalue weighted by molar-refractivity contribution is 5.78. The summed E-state index contributed by atoms with van der Waals surface area (Å²) in [5.74, 6) is 0. The molecule has 2 aliphatic heterocycles. The molecule has 2 aliphatic rings. The number of unbranched alkanes of at least 4 members (excludes halogenated alkanes) is 3. The van der Waals surface area contributed by atoms with Crippen LogP contribution in [0.5, 0.6) is 0 Å². The van der Waals surface area contributed by atoms with Gasteiger partial charge in [-0.3, -0.25) is 4.90 Å². The number of rotatable bonds is 4. The van der Waals surface area contributed by atoms with Crippen LogP contribution in [0.1, 0.15) is 52.9 Å². The minimum atomic E-state index is -0.294. The molecule has 0 N–H and O–H groups in total. The van der Waals surface area contributed by atoms with Crippen molar-refractivity contribution in [3.05, 3.63) is 11.8 Å². The summed E-state index contributed by atoms with van der Waals surface area (Å²) >= 11 is 0. The second-order valence-corrected chi connectivity index (χ2v) is 5.34. The average molecular weight is 223 g/mol. The van der Waals surface area contributed by atoms with E-state index in [2.05, 4.69) is 13.0 Å². The number of nitrogens with zero attached hydrogens (tertiary/aromatic N) is 1. The largest absolute Gasteiger partial charge is 0.443 e. The first kappa shape index (κ1) is 11.5. The van der Waals surface area contributed by atoms with E-state index in [1.807, 2.05) is 13.8 Å². The molecular weight excluding hydrogens is 202 g/mol. The molecule has 90 valence electrons. The van der Waals surface area contributed by atoms with Gasteiger partial charge in [0, 0.05) is 12.1 Å². The molecule has 0 saturated carbocycles. The summed E-state index contributed by atoms with van der Waals surface area (Å²) in [5, 5.41) is 0. The zero-order chi connectivity index (χ0) is 11.8. The van der Waals surface area contributed by atoms with E-state index < -0.39 is 0 Å². The van der Waals surface area contributed by atoms with Crippen molar-refractivity contribution in [3.8, 4) is 0 Å². The maximum absolute atomic E-state index is 11.6. The summed E-state index contributed by atoms with van der Waals surface area (Å²) in [6, 6.07) is 0.331. The van der Waals surface area contributed by atoms with Gasteiger partial charge in [-0.25, -0.2) is 4.79 Å². The Morgan fingerprint density at radius 3 is 2.94 bits per heavy atom. The van der Waals surface area contributed by atoms with Gasteiger partial charge in [-0.15, -0.1) is 0 Å². The van der Waals surface area contributed by atoms with Crippen LogP contribution in [0, 0.1) is 0 Å². The highest BCUT2D eigenvalue weighted by Gasteiger charge is 2.54. The molecule has 2 heterocycles. The number of carbonyl (C=O) groups is 1. The minimum absolute atomic E-state index is 0.164. The van der Waals surface area contributed by atoms with Crippen molar-refractivity contribution >= 4 is 6.09 Å². The van der Waals surface area contributed by atoms with Gasteiger partial charge < -0.3 is 4.74 Å². The van der Waals surface area contributed by atoms with E-state index in [1.54, 1.807) is 4.90 Å². The maximum atomic E-state index is 11.6. The predicted octanol–water partition coefficient (Wildman–Crippen LogP) is 3.45. The number of allylic oxidation sites excluding steroid dienone is 1. The summed E-state index contributed by atoms with van der Waals surface area (Å²) in [5.41, 5.74) is 0.892. The molecule has 3 heteroatoms. The van der Waals surface area contributed by atoms with Gasteiger partial charge in [-0.05, 0) is 26.7 Å². The fourth-order valence-corrected chi connectivity index (χ4v) is 2.35. The minimum Gasteiger partial charge on any atom is -0.443 e. The van der Waals surface area contributed by atoms with Crippen LogP contribution in [0.4, 0.5) is 4.79 Å². The van der Waals surface area contributed by atoms with Crippen molar-refractivity contribution in [1.29, 1.82) is 0 Å². The van der Waals surface area contributed by atoms with Gasteiger partial charge >= 0.3 is 6.09 Å². The number of ether oxygens (including phenoxy) is 1. The fourth-order valence-electron chi connectivity index (χ4n) is 2.35. The lowest BCUT2D eigenvalue weighted by Crippen LogP contribution is -2.37. The Morgan fingerprint density at radius 1 is 1.50 bits per heavy atom. The fraction of sp³-hybridized carbons (Fsp3) is 0.769. The molecule has 0 aromatic rings. The van der Waals surface area contributed by atoms with Crippen molar-refractivity contribution in [1.82, 2.24) is 4.90 Å². The normalized spacial score (nSPS) is 28.9. The molecular formula is C13H21NO2. The third kappa shape index (κ3) is 2.23. The maximum Gasteiger partial charge on any atom is 0.415 e. The Hall–Kier alpha value is -0.990. The first-order valence-corrected chi connectivity index (χ1v) is 6.27. The van der Waals surface area contributed by atoms with Crippen molar-refractivity contribution in [2.45, 2.75) is 64.5 Å². The zero-order valence-corrected chi connectivity index (χ0v) is 10.5. The molecule has 3 nitrogen and oxygen atoms in total. The number of carbonyl (C=O) groups excluding carboxylic acids is 1. The predicted molar refractivity (Wildman–Crippen MR) is 63.0 cm³/mol. The van der Waals surface area contributed by atoms with Crippen LogP contribution in [0.15, 0.2) is 11.8 Å². The lowest BCUT2D eigenvalue weighted by Gasteiger charge is -2.28. The van der Waals surface area contributed by atoms with E-state index in [1.165, 1.54) is 25.0 Å². The van der Waals surface area contributed by atoms with Crippen LogP contribution < -0.4 is 0 Å². The van der Waals surface area contributed by atoms with E-state index >= 15 is 0 Å². The lowest BCUT2D eigenvalue weighted by atomic mass is 10.0. The van der Waals surface area contributed by atoms with Crippen LogP contribution in [-0.4, -0.2) is 22.6 Å². The zero-order valence-electron chi connectivity index (χ0n) is 10.5. The van der Waals surface area contributed by atoms with E-state index in [0.717, 1.165) is 12.8 Å². The summed E-state index contributed by atoms with van der Waals surface area (Å²) in [6.07, 6.45) is 7.79. The summed E-state index contributed by atoms with van der Waals surface area (Å²) < 4.78 is 5.33. The number of hydrogen-bond donors (Lipinski definition) is 0. The van der Waals surface area contributed by atoms with Gasteiger partial charge in [0.15, 0.2) is 0 Å². The number of hydrogen-bond acceptors (Lipinski definition) is 2. The van der Waals surface area contributed by atoms with Crippen LogP contribution >= 0.6 is 0 Å². The van der Waals surface area contributed by atoms with Crippen molar-refractivity contribution < 1.29 is 9.53 Å². The Labute approximate surface area is 97.5 Å². The van der Waals surface area contributed by atoms with Crippen molar-refractivity contribution in [2.24, 2.45) is 0 Å². The van der Waals surface area contributed by atoms with Crippen molar-refractivity contribution in [2.75, 3.05) is 0 Å². The second kappa shape index (κ2) is 4.11. The van der Waals surface area contributed by atoms with Crippen LogP contribution in [0.2, 0.25) is 0 Å². The molecule has 0 aromatic heterocycles. The molecule has 1 unspecified atom stereocenters. The van der Waals surface area contributed by atoms with E-state index in [-0.39, 0.29) is 11.7 Å². The molecule has 0 radical (unpaired) electrons. The van der Waals surface area contributed by atoms with Gasteiger partial charge in [-0.1, -0.05) is 25.8 Å². The molecule has 2 saturated heterocycles. The monoisotopic (exact) mass is 223 g/mol. The number of amides is 1. The lowest BCUT2D eigenvalue weighted by molar-refractivity contribution is 0.00124. The summed E-state index contributed by atoms with van der Waals surface area (Å²) in [4.78, 5) is 13.4. The molecule has 1 amide bonds. The topological polar surface area (TPSA) is 29.3 Å². The SMILES string of the molecule is CCCCCC=C1C2CC(C)(C)OC(=O)N12. The molecule has 2 fully saturated rings. The third-order valence-corrected chi connectivity index (χ3v) is 3.27. The second-order valence-electron chi connectivity index (χ2n) is 5.34. The number of fused-ring (bicyclic) bond motifs is 1. The molecule has 1 atom stereocenters. The molecule has 0 aromatic carbocycles. The molecule has 2 rings (SSSR count). The highest BCUT2D eigenvalue weighted by atomic mass is 16.6. The highest BCUT2D eigenvalue weighted by Crippen LogP contribution is 2.45. The van der Waals surface area contributed by atoms with Crippen LogP contribution in [-0.2, 0) is 4.74 Å². The number of cyclic esters (lactones) is 1. The molecule has 16 heavy (non-hydrogen) atoms. The Balaban J connectivity index is 1.89. The first-order valence-electron chi connectivity index (χ1n) is 6.27. The van der Waals surface area contributed by atoms with Gasteiger partial charge in [-0.2, -0.15) is 0 Å². The van der Waals surface area contributed by atoms with Crippen LogP contribution in [0.25, 0.3) is 0 Å². The Bertz CT molecular complexity index is 320. The smallest absolute Gasteiger partial charge is 0.415 e. The standard InChI is InChI=1S/C13H21NO2/c1-4-5-6-7-8-10-11-9-13(2,3)16-12(15)14(10)11/h8,11H,4-7,9H2,1-3H3. The van der Waals surface area contributed by atoms with Crippen molar-refractivity contribution in [3.63, 3.8) is 0 Å². The molecule has 0 bridgehead atoms. The molecule has 0 spiro atoms. The Morgan fingerprint density at radius 2 is 2.25 bits per heavy atom. The van der Waals surface area contributed by atoms with Gasteiger partial charge in [0.25, 0.3) is 0 Å². The third-order valence-electron chi connectivity index (χ3n) is 3.27. The summed E-state index contributed by atoms with van der Waals surface area (Å²) in [6.45, 7) is 6.16.